The molecule has 0 saturated carbocycles. The fourth-order valence-electron chi connectivity index (χ4n) is 3.02. The first kappa shape index (κ1) is 17.3. The van der Waals surface area contributed by atoms with Crippen LogP contribution in [0.15, 0.2) is 48.7 Å². The fraction of sp³-hybridized carbons (Fsp3) is 0.158. The van der Waals surface area contributed by atoms with Crippen LogP contribution in [0.1, 0.15) is 16.8 Å². The van der Waals surface area contributed by atoms with Gasteiger partial charge in [0.1, 0.15) is 6.07 Å². The number of hydrogen-bond donors (Lipinski definition) is 1. The van der Waals surface area contributed by atoms with Crippen molar-refractivity contribution in [3.63, 3.8) is 0 Å². The molecule has 7 nitrogen and oxygen atoms in total. The number of aliphatic hydroxyl groups excluding tert-OH is 1. The Morgan fingerprint density at radius 2 is 2.12 bits per heavy atom. The monoisotopic (exact) mass is 348 g/mol. The third-order valence-electron chi connectivity index (χ3n) is 4.19. The number of rotatable bonds is 5. The largest absolute Gasteiger partial charge is 0.390 e. The molecule has 7 heteroatoms. The zero-order valence-corrected chi connectivity index (χ0v) is 14.1. The average molecular weight is 348 g/mol. The van der Waals surface area contributed by atoms with Crippen molar-refractivity contribution in [2.45, 2.75) is 13.2 Å². The van der Waals surface area contributed by atoms with Crippen LogP contribution in [0.5, 0.6) is 0 Å². The highest BCUT2D eigenvalue weighted by Crippen LogP contribution is 2.35. The van der Waals surface area contributed by atoms with E-state index in [0.29, 0.717) is 23.0 Å². The summed E-state index contributed by atoms with van der Waals surface area (Å²) in [5, 5.41) is 30.9. The smallest absolute Gasteiger partial charge is 0.278 e. The molecule has 0 fully saturated rings. The van der Waals surface area contributed by atoms with E-state index in [1.165, 1.54) is 6.07 Å². The number of nitro groups is 1. The Morgan fingerprint density at radius 1 is 1.31 bits per heavy atom. The van der Waals surface area contributed by atoms with Gasteiger partial charge in [0.05, 0.1) is 28.2 Å². The average Bonchev–Trinajstić information content (AvgIpc) is 2.66. The number of nitrogens with zero attached hydrogens (tertiary/aromatic N) is 4. The number of hydrogen-bond acceptors (Lipinski definition) is 6. The van der Waals surface area contributed by atoms with Crippen LogP contribution in [-0.4, -0.2) is 22.1 Å². The van der Waals surface area contributed by atoms with Gasteiger partial charge in [-0.25, -0.2) is 0 Å². The van der Waals surface area contributed by atoms with Gasteiger partial charge in [-0.2, -0.15) is 5.26 Å². The Bertz CT molecular complexity index is 1030. The molecule has 0 radical (unpaired) electrons. The summed E-state index contributed by atoms with van der Waals surface area (Å²) in [4.78, 5) is 16.9. The van der Waals surface area contributed by atoms with E-state index in [1.54, 1.807) is 30.5 Å². The van der Waals surface area contributed by atoms with Crippen LogP contribution < -0.4 is 4.90 Å². The molecule has 0 aliphatic heterocycles. The molecule has 26 heavy (non-hydrogen) atoms. The van der Waals surface area contributed by atoms with Crippen molar-refractivity contribution in [2.24, 2.45) is 0 Å². The van der Waals surface area contributed by atoms with E-state index < -0.39 is 4.92 Å². The molecule has 3 aromatic rings. The molecular weight excluding hydrogens is 332 g/mol. The minimum Gasteiger partial charge on any atom is -0.390 e. The Balaban J connectivity index is 2.09. The van der Waals surface area contributed by atoms with Gasteiger partial charge >= 0.3 is 0 Å². The topological polar surface area (TPSA) is 103 Å². The van der Waals surface area contributed by atoms with Gasteiger partial charge in [0.25, 0.3) is 5.69 Å². The predicted molar refractivity (Wildman–Crippen MR) is 97.6 cm³/mol. The van der Waals surface area contributed by atoms with Crippen molar-refractivity contribution in [1.82, 2.24) is 4.98 Å². The molecule has 1 heterocycles. The summed E-state index contributed by atoms with van der Waals surface area (Å²) in [6.07, 6.45) is 1.64. The van der Waals surface area contributed by atoms with Crippen LogP contribution in [0.2, 0.25) is 0 Å². The molecule has 0 atom stereocenters. The van der Waals surface area contributed by atoms with Crippen molar-refractivity contribution >= 4 is 22.1 Å². The van der Waals surface area contributed by atoms with Crippen LogP contribution in [0.25, 0.3) is 10.8 Å². The molecule has 1 N–H and O–H groups in total. The molecule has 0 unspecified atom stereocenters. The number of aliphatic hydroxyl groups is 1. The van der Waals surface area contributed by atoms with E-state index in [1.807, 2.05) is 30.1 Å². The Kier molecular flexibility index (Phi) is 4.78. The standard InChI is InChI=1S/C19H16N4O3/c1-22(11-13-7-8-21-15(9-13)12-24)17-5-6-18(23(25)26)19-14(10-20)3-2-4-16(17)19/h2-9,24H,11-12H2,1H3. The zero-order valence-electron chi connectivity index (χ0n) is 14.1. The highest BCUT2D eigenvalue weighted by molar-refractivity contribution is 6.03. The van der Waals surface area contributed by atoms with Crippen LogP contribution in [0.3, 0.4) is 0 Å². The van der Waals surface area contributed by atoms with Crippen molar-refractivity contribution in [2.75, 3.05) is 11.9 Å². The summed E-state index contributed by atoms with van der Waals surface area (Å²) >= 11 is 0. The van der Waals surface area contributed by atoms with Gasteiger partial charge in [0.2, 0.25) is 0 Å². The maximum atomic E-state index is 11.4. The number of aromatic nitrogens is 1. The molecular formula is C19H16N4O3. The van der Waals surface area contributed by atoms with Gasteiger partial charge in [0, 0.05) is 36.9 Å². The van der Waals surface area contributed by atoms with Gasteiger partial charge in [0.15, 0.2) is 0 Å². The Morgan fingerprint density at radius 3 is 2.81 bits per heavy atom. The van der Waals surface area contributed by atoms with E-state index in [4.69, 9.17) is 0 Å². The van der Waals surface area contributed by atoms with Gasteiger partial charge in [-0.05, 0) is 29.8 Å². The molecule has 1 aromatic heterocycles. The number of nitriles is 1. The minimum atomic E-state index is -0.469. The van der Waals surface area contributed by atoms with E-state index in [2.05, 4.69) is 4.98 Å². The van der Waals surface area contributed by atoms with Crippen molar-refractivity contribution in [3.05, 3.63) is 75.6 Å². The van der Waals surface area contributed by atoms with Crippen LogP contribution in [0, 0.1) is 21.4 Å². The second-order valence-electron chi connectivity index (χ2n) is 5.87. The predicted octanol–water partition coefficient (Wildman–Crippen LogP) is 3.14. The number of nitro benzene ring substituents is 1. The SMILES string of the molecule is CN(Cc1ccnc(CO)c1)c1ccc([N+](=O)[O-])c2c(C#N)cccc12. The van der Waals surface area contributed by atoms with Gasteiger partial charge in [-0.3, -0.25) is 15.1 Å². The number of non-ortho nitro benzene ring substituents is 1. The third kappa shape index (κ3) is 3.18. The number of benzene rings is 2. The lowest BCUT2D eigenvalue weighted by atomic mass is 10.0. The van der Waals surface area contributed by atoms with Crippen LogP contribution in [0.4, 0.5) is 11.4 Å². The molecule has 2 aromatic carbocycles. The Labute approximate surface area is 149 Å². The molecule has 0 aliphatic carbocycles. The summed E-state index contributed by atoms with van der Waals surface area (Å²) in [6.45, 7) is 0.392. The van der Waals surface area contributed by atoms with Crippen LogP contribution >= 0.6 is 0 Å². The summed E-state index contributed by atoms with van der Waals surface area (Å²) in [7, 11) is 1.87. The number of anilines is 1. The molecule has 0 amide bonds. The lowest BCUT2D eigenvalue weighted by molar-refractivity contribution is -0.383. The summed E-state index contributed by atoms with van der Waals surface area (Å²) in [6, 6.07) is 13.9. The van der Waals surface area contributed by atoms with Crippen molar-refractivity contribution in [1.29, 1.82) is 5.26 Å². The molecule has 3 rings (SSSR count). The van der Waals surface area contributed by atoms with E-state index in [9.17, 15) is 20.5 Å². The van der Waals surface area contributed by atoms with Gasteiger partial charge < -0.3 is 10.0 Å². The van der Waals surface area contributed by atoms with Gasteiger partial charge in [-0.15, -0.1) is 0 Å². The summed E-state index contributed by atoms with van der Waals surface area (Å²) < 4.78 is 0. The second kappa shape index (κ2) is 7.17. The zero-order chi connectivity index (χ0) is 18.7. The van der Waals surface area contributed by atoms with Gasteiger partial charge in [-0.1, -0.05) is 12.1 Å². The summed E-state index contributed by atoms with van der Waals surface area (Å²) in [5.41, 5.74) is 2.51. The fourth-order valence-corrected chi connectivity index (χ4v) is 3.02. The van der Waals surface area contributed by atoms with Crippen molar-refractivity contribution < 1.29 is 10.0 Å². The third-order valence-corrected chi connectivity index (χ3v) is 4.19. The molecule has 0 spiro atoms. The van der Waals surface area contributed by atoms with E-state index in [-0.39, 0.29) is 17.9 Å². The first-order valence-electron chi connectivity index (χ1n) is 7.91. The molecule has 0 aliphatic rings. The maximum Gasteiger partial charge on any atom is 0.278 e. The van der Waals surface area contributed by atoms with E-state index in [0.717, 1.165) is 11.3 Å². The highest BCUT2D eigenvalue weighted by atomic mass is 16.6. The minimum absolute atomic E-state index is 0.0826. The highest BCUT2D eigenvalue weighted by Gasteiger charge is 2.19. The lowest BCUT2D eigenvalue weighted by Gasteiger charge is -2.22. The molecule has 130 valence electrons. The quantitative estimate of drug-likeness (QED) is 0.561. The molecule has 0 bridgehead atoms. The van der Waals surface area contributed by atoms with Crippen molar-refractivity contribution in [3.8, 4) is 6.07 Å². The second-order valence-corrected chi connectivity index (χ2v) is 5.87. The first-order valence-corrected chi connectivity index (χ1v) is 7.91. The lowest BCUT2D eigenvalue weighted by Crippen LogP contribution is -2.17. The van der Waals surface area contributed by atoms with E-state index >= 15 is 0 Å². The Hall–Kier alpha value is -3.50. The summed E-state index contributed by atoms with van der Waals surface area (Å²) in [5.74, 6) is 0. The normalized spacial score (nSPS) is 10.5. The number of fused-ring (bicyclic) bond motifs is 1. The number of pyridine rings is 1. The van der Waals surface area contributed by atoms with Crippen LogP contribution in [-0.2, 0) is 13.2 Å². The maximum absolute atomic E-state index is 11.4. The first-order chi connectivity index (χ1) is 12.5. The molecule has 0 saturated heterocycles.